The topological polar surface area (TPSA) is 97.6 Å². The fourth-order valence-electron chi connectivity index (χ4n) is 4.24. The number of rotatable bonds is 5. The third-order valence-corrected chi connectivity index (χ3v) is 6.04. The van der Waals surface area contributed by atoms with Gasteiger partial charge in [0.05, 0.1) is 19.3 Å². The Kier molecular flexibility index (Phi) is 6.96. The van der Waals surface area contributed by atoms with E-state index in [9.17, 15) is 22.8 Å². The van der Waals surface area contributed by atoms with Crippen LogP contribution in [0.4, 0.5) is 13.2 Å². The van der Waals surface area contributed by atoms with Crippen molar-refractivity contribution < 1.29 is 32.0 Å². The van der Waals surface area contributed by atoms with E-state index in [0.717, 1.165) is 25.7 Å². The zero-order chi connectivity index (χ0) is 23.4. The highest BCUT2D eigenvalue weighted by Gasteiger charge is 2.38. The summed E-state index contributed by atoms with van der Waals surface area (Å²) >= 11 is 0. The third kappa shape index (κ3) is 5.52. The van der Waals surface area contributed by atoms with Gasteiger partial charge in [-0.15, -0.1) is 0 Å². The molecular weight excluding hydrogens is 441 g/mol. The Morgan fingerprint density at radius 2 is 1.85 bits per heavy atom. The molecule has 178 valence electrons. The molecular formula is C22H25F3N4O4. The van der Waals surface area contributed by atoms with Crippen LogP contribution in [0.3, 0.4) is 0 Å². The Bertz CT molecular complexity index is 971. The number of carbonyl (C=O) groups excluding carboxylic acids is 2. The van der Waals surface area contributed by atoms with Crippen molar-refractivity contribution in [2.75, 3.05) is 26.3 Å². The SMILES string of the molecule is O=C(NC[C@H]1COCCN1C(=O)C1CCCCC1)c1ccc(-c2noc(C(F)(F)F)n2)cc1. The molecule has 1 aliphatic carbocycles. The lowest BCUT2D eigenvalue weighted by Gasteiger charge is -2.38. The first-order chi connectivity index (χ1) is 15.8. The summed E-state index contributed by atoms with van der Waals surface area (Å²) in [5.74, 6) is -1.82. The Hall–Kier alpha value is -2.95. The van der Waals surface area contributed by atoms with Crippen LogP contribution < -0.4 is 5.32 Å². The Labute approximate surface area is 188 Å². The highest BCUT2D eigenvalue weighted by molar-refractivity contribution is 5.94. The van der Waals surface area contributed by atoms with Crippen LogP contribution >= 0.6 is 0 Å². The molecule has 1 atom stereocenters. The van der Waals surface area contributed by atoms with Crippen molar-refractivity contribution >= 4 is 11.8 Å². The van der Waals surface area contributed by atoms with Gasteiger partial charge in [-0.25, -0.2) is 0 Å². The second-order valence-electron chi connectivity index (χ2n) is 8.30. The molecule has 4 rings (SSSR count). The molecule has 0 spiro atoms. The Morgan fingerprint density at radius 1 is 1.12 bits per heavy atom. The van der Waals surface area contributed by atoms with Crippen LogP contribution in [0.5, 0.6) is 0 Å². The normalized spacial score (nSPS) is 20.0. The zero-order valence-electron chi connectivity index (χ0n) is 17.9. The van der Waals surface area contributed by atoms with Gasteiger partial charge in [0.25, 0.3) is 5.91 Å². The number of aromatic nitrogens is 2. The van der Waals surface area contributed by atoms with E-state index in [0.29, 0.717) is 25.3 Å². The maximum Gasteiger partial charge on any atom is 0.471 e. The van der Waals surface area contributed by atoms with Gasteiger partial charge in [0.15, 0.2) is 0 Å². The summed E-state index contributed by atoms with van der Waals surface area (Å²) < 4.78 is 47.6. The summed E-state index contributed by atoms with van der Waals surface area (Å²) in [7, 11) is 0. The van der Waals surface area contributed by atoms with Crippen molar-refractivity contribution in [3.63, 3.8) is 0 Å². The number of morpholine rings is 1. The smallest absolute Gasteiger partial charge is 0.377 e. The molecule has 1 saturated heterocycles. The van der Waals surface area contributed by atoms with Crippen molar-refractivity contribution in [1.82, 2.24) is 20.4 Å². The minimum absolute atomic E-state index is 0.0468. The highest BCUT2D eigenvalue weighted by Crippen LogP contribution is 2.29. The maximum atomic E-state index is 13.0. The molecule has 2 amide bonds. The van der Waals surface area contributed by atoms with Gasteiger partial charge in [0, 0.05) is 30.1 Å². The molecule has 1 aromatic heterocycles. The summed E-state index contributed by atoms with van der Waals surface area (Å²) in [4.78, 5) is 30.7. The molecule has 2 aromatic rings. The molecule has 0 unspecified atom stereocenters. The van der Waals surface area contributed by atoms with E-state index in [2.05, 4.69) is 20.0 Å². The number of alkyl halides is 3. The molecule has 2 fully saturated rings. The van der Waals surface area contributed by atoms with E-state index >= 15 is 0 Å². The molecule has 1 aromatic carbocycles. The molecule has 1 aliphatic heterocycles. The Morgan fingerprint density at radius 3 is 2.52 bits per heavy atom. The van der Waals surface area contributed by atoms with Gasteiger partial charge in [-0.3, -0.25) is 9.59 Å². The molecule has 11 heteroatoms. The van der Waals surface area contributed by atoms with Crippen LogP contribution in [0.15, 0.2) is 28.8 Å². The van der Waals surface area contributed by atoms with E-state index in [1.807, 2.05) is 4.90 Å². The van der Waals surface area contributed by atoms with Crippen LogP contribution in [-0.2, 0) is 15.7 Å². The van der Waals surface area contributed by atoms with E-state index in [1.54, 1.807) is 0 Å². The monoisotopic (exact) mass is 466 g/mol. The fraction of sp³-hybridized carbons (Fsp3) is 0.545. The van der Waals surface area contributed by atoms with Crippen molar-refractivity contribution in [2.24, 2.45) is 5.92 Å². The minimum Gasteiger partial charge on any atom is -0.377 e. The molecule has 8 nitrogen and oxygen atoms in total. The summed E-state index contributed by atoms with van der Waals surface area (Å²) in [6, 6.07) is 5.59. The van der Waals surface area contributed by atoms with Gasteiger partial charge >= 0.3 is 12.1 Å². The number of carbonyl (C=O) groups is 2. The first-order valence-electron chi connectivity index (χ1n) is 11.0. The number of halogens is 3. The molecule has 0 radical (unpaired) electrons. The molecule has 1 N–H and O–H groups in total. The summed E-state index contributed by atoms with van der Waals surface area (Å²) in [5, 5.41) is 6.16. The summed E-state index contributed by atoms with van der Waals surface area (Å²) in [6.45, 7) is 1.60. The predicted octanol–water partition coefficient (Wildman–Crippen LogP) is 3.29. The number of nitrogens with one attached hydrogen (secondary N) is 1. The highest BCUT2D eigenvalue weighted by atomic mass is 19.4. The Balaban J connectivity index is 1.35. The first kappa shape index (κ1) is 23.2. The predicted molar refractivity (Wildman–Crippen MR) is 110 cm³/mol. The second kappa shape index (κ2) is 9.90. The lowest BCUT2D eigenvalue weighted by atomic mass is 9.88. The first-order valence-corrected chi connectivity index (χ1v) is 11.0. The number of hydrogen-bond acceptors (Lipinski definition) is 6. The standard InChI is InChI=1S/C22H25F3N4O4/c23-22(24,25)21-27-18(28-33-21)14-6-8-15(9-7-14)19(30)26-12-17-13-32-11-10-29(17)20(31)16-4-2-1-3-5-16/h6-9,16-17H,1-5,10-13H2,(H,26,30)/t17-/m0/s1. The average molecular weight is 466 g/mol. The molecule has 33 heavy (non-hydrogen) atoms. The number of ether oxygens (including phenoxy) is 1. The number of benzene rings is 1. The van der Waals surface area contributed by atoms with Gasteiger partial charge in [0.1, 0.15) is 0 Å². The largest absolute Gasteiger partial charge is 0.471 e. The zero-order valence-corrected chi connectivity index (χ0v) is 17.9. The molecule has 2 heterocycles. The van der Waals surface area contributed by atoms with Crippen LogP contribution in [0.1, 0.15) is 48.4 Å². The fourth-order valence-corrected chi connectivity index (χ4v) is 4.24. The third-order valence-electron chi connectivity index (χ3n) is 6.04. The molecule has 2 aliphatic rings. The van der Waals surface area contributed by atoms with Gasteiger partial charge < -0.3 is 19.5 Å². The lowest BCUT2D eigenvalue weighted by Crippen LogP contribution is -2.55. The number of nitrogens with zero attached hydrogens (tertiary/aromatic N) is 3. The van der Waals surface area contributed by atoms with Crippen LogP contribution in [0.2, 0.25) is 0 Å². The van der Waals surface area contributed by atoms with Crippen LogP contribution in [-0.4, -0.2) is 59.2 Å². The second-order valence-corrected chi connectivity index (χ2v) is 8.30. The van der Waals surface area contributed by atoms with E-state index in [4.69, 9.17) is 4.74 Å². The summed E-state index contributed by atoms with van der Waals surface area (Å²) in [6.07, 6.45) is 0.402. The van der Waals surface area contributed by atoms with Gasteiger partial charge in [-0.1, -0.05) is 36.6 Å². The number of hydrogen-bond donors (Lipinski definition) is 1. The molecule has 1 saturated carbocycles. The lowest BCUT2D eigenvalue weighted by molar-refractivity contribution is -0.159. The van der Waals surface area contributed by atoms with E-state index in [1.165, 1.54) is 30.7 Å². The van der Waals surface area contributed by atoms with Gasteiger partial charge in [0.2, 0.25) is 11.7 Å². The van der Waals surface area contributed by atoms with Crippen molar-refractivity contribution in [3.05, 3.63) is 35.7 Å². The van der Waals surface area contributed by atoms with E-state index in [-0.39, 0.29) is 41.7 Å². The summed E-state index contributed by atoms with van der Waals surface area (Å²) in [5.41, 5.74) is 0.607. The van der Waals surface area contributed by atoms with Crippen molar-refractivity contribution in [1.29, 1.82) is 0 Å². The van der Waals surface area contributed by atoms with Gasteiger partial charge in [-0.05, 0) is 25.0 Å². The minimum atomic E-state index is -4.72. The van der Waals surface area contributed by atoms with Gasteiger partial charge in [-0.2, -0.15) is 18.2 Å². The molecule has 0 bridgehead atoms. The van der Waals surface area contributed by atoms with Crippen LogP contribution in [0.25, 0.3) is 11.4 Å². The van der Waals surface area contributed by atoms with Crippen molar-refractivity contribution in [3.8, 4) is 11.4 Å². The van der Waals surface area contributed by atoms with E-state index < -0.39 is 12.1 Å². The van der Waals surface area contributed by atoms with Crippen molar-refractivity contribution in [2.45, 2.75) is 44.3 Å². The average Bonchev–Trinajstić information content (AvgIpc) is 3.34. The quantitative estimate of drug-likeness (QED) is 0.726. The van der Waals surface area contributed by atoms with Crippen LogP contribution in [0, 0.1) is 5.92 Å². The maximum absolute atomic E-state index is 13.0. The number of amides is 2.